The van der Waals surface area contributed by atoms with Crippen LogP contribution in [0.3, 0.4) is 0 Å². The van der Waals surface area contributed by atoms with E-state index in [9.17, 15) is 9.59 Å². The monoisotopic (exact) mass is 557 g/mol. The number of carbonyl (C=O) groups is 2. The standard InChI is InChI=1S/C35H43NO5/c1-27(34(38)36(2)39-3)26-31(37)21-22-33-24-23-32(41-33)20-13-25-40-35(28-14-7-4-8-15-28,29-16-9-5-10-17-29)30-18-11-6-12-19-30/h4-12,14-19,27,32-33H,13,20-26H2,1-3H3/t27-,32+,33+/m1/s1. The van der Waals surface area contributed by atoms with Crippen LogP contribution in [0.25, 0.3) is 0 Å². The van der Waals surface area contributed by atoms with Gasteiger partial charge in [-0.05, 0) is 48.8 Å². The van der Waals surface area contributed by atoms with Crippen molar-refractivity contribution in [3.8, 4) is 0 Å². The lowest BCUT2D eigenvalue weighted by atomic mass is 9.80. The average Bonchev–Trinajstić information content (AvgIpc) is 3.48. The van der Waals surface area contributed by atoms with Crippen molar-refractivity contribution in [2.75, 3.05) is 20.8 Å². The van der Waals surface area contributed by atoms with E-state index in [1.54, 1.807) is 14.0 Å². The van der Waals surface area contributed by atoms with Crippen molar-refractivity contribution in [3.63, 3.8) is 0 Å². The van der Waals surface area contributed by atoms with E-state index in [0.717, 1.165) is 42.4 Å². The van der Waals surface area contributed by atoms with Crippen LogP contribution in [0, 0.1) is 5.92 Å². The Balaban J connectivity index is 1.31. The van der Waals surface area contributed by atoms with Crippen molar-refractivity contribution in [1.82, 2.24) is 5.06 Å². The number of Topliss-reactive ketones (excluding diaryl/α,β-unsaturated/α-hetero) is 1. The Bertz CT molecular complexity index is 1120. The minimum Gasteiger partial charge on any atom is -0.375 e. The van der Waals surface area contributed by atoms with Crippen LogP contribution in [0.5, 0.6) is 0 Å². The van der Waals surface area contributed by atoms with Gasteiger partial charge < -0.3 is 9.47 Å². The molecule has 6 nitrogen and oxygen atoms in total. The lowest BCUT2D eigenvalue weighted by Crippen LogP contribution is -2.33. The fourth-order valence-corrected chi connectivity index (χ4v) is 5.76. The van der Waals surface area contributed by atoms with Crippen molar-refractivity contribution in [1.29, 1.82) is 0 Å². The lowest BCUT2D eigenvalue weighted by molar-refractivity contribution is -0.173. The van der Waals surface area contributed by atoms with Crippen LogP contribution in [0.15, 0.2) is 91.0 Å². The van der Waals surface area contributed by atoms with Crippen LogP contribution >= 0.6 is 0 Å². The number of hydrogen-bond acceptors (Lipinski definition) is 5. The van der Waals surface area contributed by atoms with Crippen molar-refractivity contribution in [3.05, 3.63) is 108 Å². The molecule has 0 unspecified atom stereocenters. The third kappa shape index (κ3) is 7.91. The Labute approximate surface area is 244 Å². The summed E-state index contributed by atoms with van der Waals surface area (Å²) < 4.78 is 13.2. The summed E-state index contributed by atoms with van der Waals surface area (Å²) in [4.78, 5) is 29.6. The summed E-state index contributed by atoms with van der Waals surface area (Å²) in [5.41, 5.74) is 2.59. The molecule has 0 bridgehead atoms. The van der Waals surface area contributed by atoms with Gasteiger partial charge in [-0.1, -0.05) is 97.9 Å². The third-order valence-corrected chi connectivity index (χ3v) is 8.01. The highest BCUT2D eigenvalue weighted by atomic mass is 16.7. The van der Waals surface area contributed by atoms with E-state index >= 15 is 0 Å². The zero-order chi connectivity index (χ0) is 29.1. The van der Waals surface area contributed by atoms with Gasteiger partial charge in [0.2, 0.25) is 5.91 Å². The second-order valence-corrected chi connectivity index (χ2v) is 10.9. The molecule has 3 atom stereocenters. The minimum atomic E-state index is -0.709. The number of carbonyl (C=O) groups excluding carboxylic acids is 2. The number of hydroxylamine groups is 2. The molecule has 1 heterocycles. The molecular weight excluding hydrogens is 514 g/mol. The summed E-state index contributed by atoms with van der Waals surface area (Å²) >= 11 is 0. The Morgan fingerprint density at radius 2 is 1.34 bits per heavy atom. The van der Waals surface area contributed by atoms with Crippen molar-refractivity contribution >= 4 is 11.7 Å². The second-order valence-electron chi connectivity index (χ2n) is 10.9. The van der Waals surface area contributed by atoms with Crippen LogP contribution in [-0.2, 0) is 29.5 Å². The molecule has 0 aliphatic carbocycles. The van der Waals surface area contributed by atoms with Crippen LogP contribution in [0.1, 0.15) is 68.6 Å². The first-order valence-electron chi connectivity index (χ1n) is 14.7. The van der Waals surface area contributed by atoms with Gasteiger partial charge in [0.05, 0.1) is 19.3 Å². The molecule has 1 amide bonds. The molecule has 6 heteroatoms. The Morgan fingerprint density at radius 3 is 1.83 bits per heavy atom. The van der Waals surface area contributed by atoms with Crippen LogP contribution in [-0.4, -0.2) is 49.7 Å². The zero-order valence-electron chi connectivity index (χ0n) is 24.5. The lowest BCUT2D eigenvalue weighted by Gasteiger charge is -2.36. The second kappa shape index (κ2) is 15.1. The molecule has 1 saturated heterocycles. The first-order chi connectivity index (χ1) is 19.9. The summed E-state index contributed by atoms with van der Waals surface area (Å²) in [6.45, 7) is 2.35. The summed E-state index contributed by atoms with van der Waals surface area (Å²) in [5, 5.41) is 1.18. The predicted octanol–water partition coefficient (Wildman–Crippen LogP) is 6.72. The maximum absolute atomic E-state index is 12.5. The Kier molecular flexibility index (Phi) is 11.3. The molecule has 1 aliphatic heterocycles. The topological polar surface area (TPSA) is 65.1 Å². The molecule has 3 aromatic rings. The molecule has 1 fully saturated rings. The molecule has 1 aliphatic rings. The summed E-state index contributed by atoms with van der Waals surface area (Å²) in [5.74, 6) is -0.481. The number of ketones is 1. The van der Waals surface area contributed by atoms with Gasteiger partial charge in [-0.15, -0.1) is 0 Å². The summed E-state index contributed by atoms with van der Waals surface area (Å²) in [6, 6.07) is 31.3. The highest BCUT2D eigenvalue weighted by Gasteiger charge is 2.37. The number of rotatable bonds is 15. The molecule has 0 aromatic heterocycles. The van der Waals surface area contributed by atoms with Crippen molar-refractivity contribution in [2.45, 2.75) is 69.7 Å². The quantitative estimate of drug-likeness (QED) is 0.118. The SMILES string of the molecule is CON(C)C(=O)[C@H](C)CC(=O)CC[C@H]1CC[C@H](CCCOC(c2ccccc2)(c2ccccc2)c2ccccc2)O1. The molecular formula is C35H43NO5. The van der Waals surface area contributed by atoms with E-state index in [2.05, 4.69) is 72.8 Å². The number of nitrogens with zero attached hydrogens (tertiary/aromatic N) is 1. The van der Waals surface area contributed by atoms with Crippen LogP contribution in [0.2, 0.25) is 0 Å². The number of amides is 1. The molecule has 4 rings (SSSR count). The molecule has 3 aromatic carbocycles. The summed E-state index contributed by atoms with van der Waals surface area (Å²) in [7, 11) is 3.00. The minimum absolute atomic E-state index is 0.0922. The average molecular weight is 558 g/mol. The van der Waals surface area contributed by atoms with Gasteiger partial charge >= 0.3 is 0 Å². The third-order valence-electron chi connectivity index (χ3n) is 8.01. The largest absolute Gasteiger partial charge is 0.375 e. The van der Waals surface area contributed by atoms with Gasteiger partial charge in [0.1, 0.15) is 11.4 Å². The maximum atomic E-state index is 12.5. The fraction of sp³-hybridized carbons (Fsp3) is 0.429. The first kappa shape index (κ1) is 30.6. The van der Waals surface area contributed by atoms with Crippen LogP contribution < -0.4 is 0 Å². The zero-order valence-corrected chi connectivity index (χ0v) is 24.5. The van der Waals surface area contributed by atoms with Gasteiger partial charge in [-0.2, -0.15) is 0 Å². The van der Waals surface area contributed by atoms with Crippen LogP contribution in [0.4, 0.5) is 0 Å². The van der Waals surface area contributed by atoms with Gasteiger partial charge in [-0.3, -0.25) is 14.4 Å². The van der Waals surface area contributed by atoms with E-state index in [-0.39, 0.29) is 36.2 Å². The van der Waals surface area contributed by atoms with Gasteiger partial charge in [0.15, 0.2) is 0 Å². The highest BCUT2D eigenvalue weighted by molar-refractivity contribution is 5.86. The van der Waals surface area contributed by atoms with Gasteiger partial charge in [0.25, 0.3) is 0 Å². The molecule has 0 radical (unpaired) electrons. The predicted molar refractivity (Wildman–Crippen MR) is 160 cm³/mol. The van der Waals surface area contributed by atoms with E-state index in [1.165, 1.54) is 12.2 Å². The van der Waals surface area contributed by atoms with Crippen molar-refractivity contribution in [2.24, 2.45) is 5.92 Å². The molecule has 218 valence electrons. The van der Waals surface area contributed by atoms with E-state index in [1.807, 2.05) is 18.2 Å². The highest BCUT2D eigenvalue weighted by Crippen LogP contribution is 2.40. The number of ether oxygens (including phenoxy) is 2. The normalized spacial score (nSPS) is 17.7. The van der Waals surface area contributed by atoms with Crippen molar-refractivity contribution < 1.29 is 23.9 Å². The molecule has 0 saturated carbocycles. The first-order valence-corrected chi connectivity index (χ1v) is 14.7. The smallest absolute Gasteiger partial charge is 0.249 e. The summed E-state index contributed by atoms with van der Waals surface area (Å²) in [6.07, 6.45) is 5.37. The Hall–Kier alpha value is -3.32. The Morgan fingerprint density at radius 1 is 0.854 bits per heavy atom. The number of hydrogen-bond donors (Lipinski definition) is 0. The molecule has 0 spiro atoms. The fourth-order valence-electron chi connectivity index (χ4n) is 5.76. The number of benzene rings is 3. The maximum Gasteiger partial charge on any atom is 0.249 e. The van der Waals surface area contributed by atoms with Gasteiger partial charge in [0, 0.05) is 32.4 Å². The van der Waals surface area contributed by atoms with E-state index in [4.69, 9.17) is 14.3 Å². The molecule has 41 heavy (non-hydrogen) atoms. The van der Waals surface area contributed by atoms with E-state index < -0.39 is 5.60 Å². The van der Waals surface area contributed by atoms with Gasteiger partial charge in [-0.25, -0.2) is 5.06 Å². The van der Waals surface area contributed by atoms with E-state index in [0.29, 0.717) is 19.4 Å². The molecule has 0 N–H and O–H groups in total.